The van der Waals surface area contributed by atoms with Gasteiger partial charge in [-0.1, -0.05) is 12.1 Å². The van der Waals surface area contributed by atoms with E-state index in [1.54, 1.807) is 18.0 Å². The molecule has 1 aliphatic heterocycles. The third-order valence-electron chi connectivity index (χ3n) is 6.43. The summed E-state index contributed by atoms with van der Waals surface area (Å²) in [6.07, 6.45) is 1.16. The molecule has 1 aliphatic rings. The summed E-state index contributed by atoms with van der Waals surface area (Å²) >= 11 is 0. The third-order valence-corrected chi connectivity index (χ3v) is 6.43. The highest BCUT2D eigenvalue weighted by Crippen LogP contribution is 2.45. The Kier molecular flexibility index (Phi) is 5.94. The van der Waals surface area contributed by atoms with Crippen molar-refractivity contribution in [1.29, 1.82) is 0 Å². The number of ether oxygens (including phenoxy) is 4. The summed E-state index contributed by atoms with van der Waals surface area (Å²) in [6.45, 7) is 13.4. The van der Waals surface area contributed by atoms with E-state index < -0.39 is 22.9 Å². The molecule has 8 nitrogen and oxygen atoms in total. The Morgan fingerprint density at radius 1 is 1.12 bits per heavy atom. The molecule has 0 aliphatic carbocycles. The number of methoxy groups -OCH3 is 1. The average molecular weight is 468 g/mol. The van der Waals surface area contributed by atoms with Crippen molar-refractivity contribution in [3.8, 4) is 17.0 Å². The number of hydrogen-bond donors (Lipinski definition) is 0. The van der Waals surface area contributed by atoms with Crippen LogP contribution in [-0.2, 0) is 25.7 Å². The maximum atomic E-state index is 12.4. The summed E-state index contributed by atoms with van der Waals surface area (Å²) in [5.41, 5.74) is 1.30. The van der Waals surface area contributed by atoms with Crippen LogP contribution in [0.3, 0.4) is 0 Å². The molecule has 0 spiro atoms. The Bertz CT molecular complexity index is 1210. The minimum Gasteiger partial charge on any atom is -0.496 e. The van der Waals surface area contributed by atoms with E-state index in [1.165, 1.54) is 0 Å². The van der Waals surface area contributed by atoms with Gasteiger partial charge in [0.1, 0.15) is 11.4 Å². The summed E-state index contributed by atoms with van der Waals surface area (Å²) in [6, 6.07) is 9.62. The summed E-state index contributed by atoms with van der Waals surface area (Å²) in [4.78, 5) is 17.0. The first-order valence-electron chi connectivity index (χ1n) is 11.4. The third kappa shape index (κ3) is 4.28. The van der Waals surface area contributed by atoms with Gasteiger partial charge in [-0.05, 0) is 66.7 Å². The van der Waals surface area contributed by atoms with E-state index in [9.17, 15) is 4.79 Å². The fourth-order valence-corrected chi connectivity index (χ4v) is 3.65. The van der Waals surface area contributed by atoms with Crippen LogP contribution in [0.25, 0.3) is 22.3 Å². The summed E-state index contributed by atoms with van der Waals surface area (Å²) in [7, 11) is 1.62. The Hall–Kier alpha value is -2.97. The molecular formula is C26H33N3O5. The molecule has 0 atom stereocenters. The van der Waals surface area contributed by atoms with Crippen LogP contribution in [-0.4, -0.2) is 39.0 Å². The van der Waals surface area contributed by atoms with E-state index in [2.05, 4.69) is 4.98 Å². The predicted molar refractivity (Wildman–Crippen MR) is 128 cm³/mol. The second-order valence-electron chi connectivity index (χ2n) is 10.6. The molecule has 1 fully saturated rings. The van der Waals surface area contributed by atoms with Gasteiger partial charge in [-0.3, -0.25) is 4.79 Å². The zero-order chi connectivity index (χ0) is 24.9. The second kappa shape index (κ2) is 8.36. The monoisotopic (exact) mass is 467 g/mol. The first-order chi connectivity index (χ1) is 15.8. The number of carbonyl (C=O) groups is 1. The smallest absolute Gasteiger partial charge is 0.313 e. The SMILES string of the molecule is COc1ccccc1-c1nn(COC(=O)C(C)(C)C)c2ncc(C3OC(C)(C)C(C)(C)O3)cc12. The average Bonchev–Trinajstić information content (AvgIpc) is 3.23. The van der Waals surface area contributed by atoms with Crippen molar-refractivity contribution in [2.75, 3.05) is 7.11 Å². The van der Waals surface area contributed by atoms with Crippen molar-refractivity contribution in [3.05, 3.63) is 42.1 Å². The van der Waals surface area contributed by atoms with Gasteiger partial charge in [0.05, 0.1) is 23.7 Å². The van der Waals surface area contributed by atoms with Gasteiger partial charge in [0.25, 0.3) is 0 Å². The minimum atomic E-state index is -0.619. The van der Waals surface area contributed by atoms with Crippen LogP contribution in [0.1, 0.15) is 60.3 Å². The van der Waals surface area contributed by atoms with Crippen LogP contribution in [0, 0.1) is 5.41 Å². The van der Waals surface area contributed by atoms with Gasteiger partial charge < -0.3 is 18.9 Å². The van der Waals surface area contributed by atoms with Crippen molar-refractivity contribution in [2.24, 2.45) is 5.41 Å². The van der Waals surface area contributed by atoms with Crippen LogP contribution in [0.5, 0.6) is 5.75 Å². The topological polar surface area (TPSA) is 84.7 Å². The van der Waals surface area contributed by atoms with E-state index >= 15 is 0 Å². The molecule has 0 amide bonds. The van der Waals surface area contributed by atoms with Gasteiger partial charge >= 0.3 is 5.97 Å². The lowest BCUT2D eigenvalue weighted by Gasteiger charge is -2.30. The van der Waals surface area contributed by atoms with Gasteiger partial charge in [-0.2, -0.15) is 5.10 Å². The zero-order valence-electron chi connectivity index (χ0n) is 21.1. The molecular weight excluding hydrogens is 434 g/mol. The number of benzene rings is 1. The zero-order valence-corrected chi connectivity index (χ0v) is 21.1. The molecule has 34 heavy (non-hydrogen) atoms. The molecule has 3 aromatic rings. The number of pyridine rings is 1. The molecule has 0 unspecified atom stereocenters. The Labute approximate surface area is 200 Å². The highest BCUT2D eigenvalue weighted by atomic mass is 16.7. The molecule has 0 bridgehead atoms. The molecule has 0 saturated carbocycles. The van der Waals surface area contributed by atoms with Crippen LogP contribution in [0.4, 0.5) is 0 Å². The minimum absolute atomic E-state index is 0.0510. The fraction of sp³-hybridized carbons (Fsp3) is 0.500. The van der Waals surface area contributed by atoms with E-state index in [0.29, 0.717) is 17.1 Å². The van der Waals surface area contributed by atoms with Crippen molar-refractivity contribution in [3.63, 3.8) is 0 Å². The highest BCUT2D eigenvalue weighted by molar-refractivity contribution is 5.93. The molecule has 182 valence electrons. The number of esters is 1. The number of para-hydroxylation sites is 1. The number of nitrogens with zero attached hydrogens (tertiary/aromatic N) is 3. The van der Waals surface area contributed by atoms with Gasteiger partial charge in [-0.15, -0.1) is 0 Å². The largest absolute Gasteiger partial charge is 0.496 e. The molecule has 0 radical (unpaired) electrons. The quantitative estimate of drug-likeness (QED) is 0.473. The molecule has 3 heterocycles. The van der Waals surface area contributed by atoms with Crippen LogP contribution in [0.2, 0.25) is 0 Å². The Balaban J connectivity index is 1.80. The van der Waals surface area contributed by atoms with Gasteiger partial charge in [0.15, 0.2) is 18.7 Å². The van der Waals surface area contributed by atoms with Crippen LogP contribution in [0.15, 0.2) is 36.5 Å². The Morgan fingerprint density at radius 3 is 2.38 bits per heavy atom. The van der Waals surface area contributed by atoms with Crippen molar-refractivity contribution >= 4 is 17.0 Å². The van der Waals surface area contributed by atoms with Gasteiger partial charge in [0.2, 0.25) is 0 Å². The maximum absolute atomic E-state index is 12.4. The van der Waals surface area contributed by atoms with Gasteiger partial charge in [-0.25, -0.2) is 9.67 Å². The number of fused-ring (bicyclic) bond motifs is 1. The lowest BCUT2D eigenvalue weighted by molar-refractivity contribution is -0.157. The molecule has 4 rings (SSSR count). The molecule has 0 N–H and O–H groups in total. The number of carbonyl (C=O) groups excluding carboxylic acids is 1. The molecule has 1 saturated heterocycles. The van der Waals surface area contributed by atoms with E-state index in [-0.39, 0.29) is 12.7 Å². The number of hydrogen-bond acceptors (Lipinski definition) is 7. The number of rotatable bonds is 5. The lowest BCUT2D eigenvalue weighted by Crippen LogP contribution is -2.41. The predicted octanol–water partition coefficient (Wildman–Crippen LogP) is 5.26. The van der Waals surface area contributed by atoms with E-state index in [4.69, 9.17) is 24.0 Å². The normalized spacial score (nSPS) is 17.8. The van der Waals surface area contributed by atoms with Gasteiger partial charge in [0, 0.05) is 22.7 Å². The van der Waals surface area contributed by atoms with Crippen LogP contribution < -0.4 is 4.74 Å². The standard InChI is InChI=1S/C26H33N3O5/c1-24(2,3)23(30)32-15-29-21-18(20(28-29)17-11-9-10-12-19(17)31-8)13-16(14-27-21)22-33-25(4,5)26(6,7)34-22/h9-14,22H,15H2,1-8H3. The van der Waals surface area contributed by atoms with E-state index in [0.717, 1.165) is 16.5 Å². The first-order valence-corrected chi connectivity index (χ1v) is 11.4. The molecule has 2 aromatic heterocycles. The lowest BCUT2D eigenvalue weighted by atomic mass is 9.90. The van der Waals surface area contributed by atoms with Crippen LogP contribution >= 0.6 is 0 Å². The second-order valence-corrected chi connectivity index (χ2v) is 10.6. The van der Waals surface area contributed by atoms with E-state index in [1.807, 2.05) is 78.8 Å². The highest BCUT2D eigenvalue weighted by Gasteiger charge is 2.49. The Morgan fingerprint density at radius 2 is 1.76 bits per heavy atom. The van der Waals surface area contributed by atoms with Crippen molar-refractivity contribution in [2.45, 2.75) is 72.7 Å². The first kappa shape index (κ1) is 24.2. The maximum Gasteiger partial charge on any atom is 0.313 e. The van der Waals surface area contributed by atoms with Crippen molar-refractivity contribution in [1.82, 2.24) is 14.8 Å². The number of aromatic nitrogens is 3. The molecule has 1 aromatic carbocycles. The van der Waals surface area contributed by atoms with Crippen molar-refractivity contribution < 1.29 is 23.7 Å². The molecule has 8 heteroatoms. The summed E-state index contributed by atoms with van der Waals surface area (Å²) in [5, 5.41) is 5.54. The summed E-state index contributed by atoms with van der Waals surface area (Å²) < 4.78 is 25.2. The summed E-state index contributed by atoms with van der Waals surface area (Å²) in [5.74, 6) is 0.366. The fourth-order valence-electron chi connectivity index (χ4n) is 3.65.